The molecule has 1 amide bonds. The van der Waals surface area contributed by atoms with E-state index in [1.54, 1.807) is 0 Å². The average Bonchev–Trinajstić information content (AvgIpc) is 2.55. The van der Waals surface area contributed by atoms with E-state index in [2.05, 4.69) is 42.7 Å². The van der Waals surface area contributed by atoms with Crippen molar-refractivity contribution in [3.05, 3.63) is 48.6 Å². The molecule has 2 rings (SSSR count). The third-order valence-corrected chi connectivity index (χ3v) is 4.17. The molecule has 1 aliphatic rings. The predicted molar refractivity (Wildman–Crippen MR) is 87.1 cm³/mol. The monoisotopic (exact) mass is 286 g/mol. The van der Waals surface area contributed by atoms with Crippen LogP contribution in [0, 0.1) is 0 Å². The van der Waals surface area contributed by atoms with E-state index < -0.39 is 0 Å². The van der Waals surface area contributed by atoms with Crippen molar-refractivity contribution in [2.45, 2.75) is 32.2 Å². The summed E-state index contributed by atoms with van der Waals surface area (Å²) in [5, 5.41) is 0. The lowest BCUT2D eigenvalue weighted by molar-refractivity contribution is -0.133. The zero-order valence-corrected chi connectivity index (χ0v) is 13.0. The van der Waals surface area contributed by atoms with Crippen molar-refractivity contribution in [2.75, 3.05) is 26.2 Å². The van der Waals surface area contributed by atoms with Crippen molar-refractivity contribution in [1.29, 1.82) is 0 Å². The molecule has 1 aromatic carbocycles. The lowest BCUT2D eigenvalue weighted by Crippen LogP contribution is -2.49. The van der Waals surface area contributed by atoms with E-state index in [1.807, 2.05) is 17.0 Å². The quantitative estimate of drug-likeness (QED) is 0.750. The molecular formula is C18H26N2O. The Balaban J connectivity index is 1.90. The van der Waals surface area contributed by atoms with Crippen molar-refractivity contribution in [1.82, 2.24) is 9.80 Å². The van der Waals surface area contributed by atoms with E-state index in [-0.39, 0.29) is 6.04 Å². The number of benzene rings is 1. The highest BCUT2D eigenvalue weighted by atomic mass is 16.2. The van der Waals surface area contributed by atoms with E-state index in [9.17, 15) is 4.79 Å². The van der Waals surface area contributed by atoms with Gasteiger partial charge in [0.2, 0.25) is 5.91 Å². The highest BCUT2D eigenvalue weighted by Crippen LogP contribution is 2.23. The molecule has 3 nitrogen and oxygen atoms in total. The van der Waals surface area contributed by atoms with Crippen molar-refractivity contribution in [2.24, 2.45) is 0 Å². The summed E-state index contributed by atoms with van der Waals surface area (Å²) in [7, 11) is 0. The molecular weight excluding hydrogens is 260 g/mol. The number of carbonyl (C=O) groups is 1. The van der Waals surface area contributed by atoms with Gasteiger partial charge in [0.05, 0.1) is 6.04 Å². The van der Waals surface area contributed by atoms with E-state index in [0.29, 0.717) is 12.3 Å². The fraction of sp³-hybridized carbons (Fsp3) is 0.500. The van der Waals surface area contributed by atoms with E-state index in [4.69, 9.17) is 0 Å². The van der Waals surface area contributed by atoms with E-state index in [1.165, 1.54) is 5.56 Å². The van der Waals surface area contributed by atoms with Gasteiger partial charge in [-0.25, -0.2) is 0 Å². The summed E-state index contributed by atoms with van der Waals surface area (Å²) in [6, 6.07) is 10.7. The zero-order chi connectivity index (χ0) is 15.1. The van der Waals surface area contributed by atoms with Gasteiger partial charge in [-0.2, -0.15) is 0 Å². The molecule has 1 aromatic rings. The second-order valence-corrected chi connectivity index (χ2v) is 5.61. The number of nitrogens with zero attached hydrogens (tertiary/aromatic N) is 2. The third kappa shape index (κ3) is 4.18. The maximum Gasteiger partial charge on any atom is 0.222 e. The van der Waals surface area contributed by atoms with Gasteiger partial charge in [0.25, 0.3) is 0 Å². The van der Waals surface area contributed by atoms with Crippen LogP contribution in [-0.2, 0) is 4.79 Å². The van der Waals surface area contributed by atoms with Gasteiger partial charge in [0.15, 0.2) is 0 Å². The molecule has 1 atom stereocenters. The molecule has 1 heterocycles. The van der Waals surface area contributed by atoms with Crippen molar-refractivity contribution >= 4 is 5.91 Å². The maximum absolute atomic E-state index is 12.1. The first-order chi connectivity index (χ1) is 10.3. The van der Waals surface area contributed by atoms with Gasteiger partial charge in [0.1, 0.15) is 0 Å². The molecule has 21 heavy (non-hydrogen) atoms. The third-order valence-electron chi connectivity index (χ3n) is 4.17. The minimum absolute atomic E-state index is 0.249. The van der Waals surface area contributed by atoms with Crippen LogP contribution in [0.2, 0.25) is 0 Å². The molecule has 1 unspecified atom stereocenters. The molecule has 0 bridgehead atoms. The minimum atomic E-state index is 0.249. The lowest BCUT2D eigenvalue weighted by atomic mass is 10.0. The summed E-state index contributed by atoms with van der Waals surface area (Å²) in [4.78, 5) is 16.5. The number of piperazine rings is 1. The molecule has 0 aromatic heterocycles. The maximum atomic E-state index is 12.1. The van der Waals surface area contributed by atoms with Crippen LogP contribution < -0.4 is 0 Å². The number of hydrogen-bond donors (Lipinski definition) is 0. The van der Waals surface area contributed by atoms with Gasteiger partial charge >= 0.3 is 0 Å². The molecule has 1 aliphatic heterocycles. The SMILES string of the molecule is C=CC(c1ccccc1)N1CCN(C(=O)CCCC)CC1. The molecule has 0 saturated carbocycles. The Morgan fingerprint density at radius 1 is 1.24 bits per heavy atom. The predicted octanol–water partition coefficient (Wildman–Crippen LogP) is 3.25. The summed E-state index contributed by atoms with van der Waals surface area (Å²) >= 11 is 0. The largest absolute Gasteiger partial charge is 0.340 e. The zero-order valence-electron chi connectivity index (χ0n) is 13.0. The summed E-state index contributed by atoms with van der Waals surface area (Å²) < 4.78 is 0. The first-order valence-electron chi connectivity index (χ1n) is 7.95. The Labute approximate surface area is 128 Å². The number of hydrogen-bond acceptors (Lipinski definition) is 2. The Kier molecular flexibility index (Phi) is 6.00. The molecule has 0 radical (unpaired) electrons. The number of rotatable bonds is 6. The fourth-order valence-electron chi connectivity index (χ4n) is 2.88. The van der Waals surface area contributed by atoms with Crippen LogP contribution in [0.15, 0.2) is 43.0 Å². The minimum Gasteiger partial charge on any atom is -0.340 e. The molecule has 1 saturated heterocycles. The second kappa shape index (κ2) is 7.99. The van der Waals surface area contributed by atoms with Gasteiger partial charge in [0, 0.05) is 32.6 Å². The summed E-state index contributed by atoms with van der Waals surface area (Å²) in [6.07, 6.45) is 4.78. The van der Waals surface area contributed by atoms with Crippen LogP contribution in [-0.4, -0.2) is 41.9 Å². The van der Waals surface area contributed by atoms with Gasteiger partial charge in [-0.05, 0) is 12.0 Å². The van der Waals surface area contributed by atoms with Crippen LogP contribution >= 0.6 is 0 Å². The van der Waals surface area contributed by atoms with Crippen LogP contribution in [0.4, 0.5) is 0 Å². The van der Waals surface area contributed by atoms with E-state index in [0.717, 1.165) is 39.0 Å². The van der Waals surface area contributed by atoms with Crippen molar-refractivity contribution in [3.63, 3.8) is 0 Å². The number of carbonyl (C=O) groups excluding carboxylic acids is 1. The van der Waals surface area contributed by atoms with Crippen LogP contribution in [0.25, 0.3) is 0 Å². The molecule has 0 aliphatic carbocycles. The fourth-order valence-corrected chi connectivity index (χ4v) is 2.88. The number of unbranched alkanes of at least 4 members (excludes halogenated alkanes) is 1. The Hall–Kier alpha value is -1.61. The number of amides is 1. The van der Waals surface area contributed by atoms with Crippen LogP contribution in [0.3, 0.4) is 0 Å². The van der Waals surface area contributed by atoms with Crippen molar-refractivity contribution < 1.29 is 4.79 Å². The molecule has 0 N–H and O–H groups in total. The summed E-state index contributed by atoms with van der Waals surface area (Å²) in [6.45, 7) is 9.62. The highest BCUT2D eigenvalue weighted by molar-refractivity contribution is 5.76. The first kappa shape index (κ1) is 15.8. The van der Waals surface area contributed by atoms with Gasteiger partial charge in [-0.1, -0.05) is 49.8 Å². The normalized spacial score (nSPS) is 17.5. The van der Waals surface area contributed by atoms with Gasteiger partial charge < -0.3 is 4.90 Å². The Morgan fingerprint density at radius 3 is 2.48 bits per heavy atom. The topological polar surface area (TPSA) is 23.6 Å². The molecule has 0 spiro atoms. The molecule has 114 valence electrons. The standard InChI is InChI=1S/C18H26N2O/c1-3-5-11-18(21)20-14-12-19(13-15-20)17(4-2)16-9-7-6-8-10-16/h4,6-10,17H,2-3,5,11-15H2,1H3. The second-order valence-electron chi connectivity index (χ2n) is 5.61. The molecule has 3 heteroatoms. The Bertz CT molecular complexity index is 450. The van der Waals surface area contributed by atoms with E-state index >= 15 is 0 Å². The Morgan fingerprint density at radius 2 is 1.90 bits per heavy atom. The van der Waals surface area contributed by atoms with Gasteiger partial charge in [-0.3, -0.25) is 9.69 Å². The smallest absolute Gasteiger partial charge is 0.222 e. The van der Waals surface area contributed by atoms with Gasteiger partial charge in [-0.15, -0.1) is 6.58 Å². The van der Waals surface area contributed by atoms with Crippen molar-refractivity contribution in [3.8, 4) is 0 Å². The summed E-state index contributed by atoms with van der Waals surface area (Å²) in [5.41, 5.74) is 1.28. The average molecular weight is 286 g/mol. The highest BCUT2D eigenvalue weighted by Gasteiger charge is 2.24. The van der Waals surface area contributed by atoms with Crippen LogP contribution in [0.1, 0.15) is 37.8 Å². The van der Waals surface area contributed by atoms with Crippen LogP contribution in [0.5, 0.6) is 0 Å². The molecule has 1 fully saturated rings. The first-order valence-corrected chi connectivity index (χ1v) is 7.95. The lowest BCUT2D eigenvalue weighted by Gasteiger charge is -2.38. The summed E-state index contributed by atoms with van der Waals surface area (Å²) in [5.74, 6) is 0.311.